The molecule has 0 aliphatic rings. The lowest BCUT2D eigenvalue weighted by Crippen LogP contribution is -2.02. The van der Waals surface area contributed by atoms with E-state index >= 15 is 0 Å². The Morgan fingerprint density at radius 1 is 0.900 bits per heavy atom. The summed E-state index contributed by atoms with van der Waals surface area (Å²) in [6.45, 7) is 3.21. The lowest BCUT2D eigenvalue weighted by atomic mass is 10.1. The Labute approximate surface area is 141 Å². The van der Waals surface area contributed by atoms with Crippen LogP contribution < -0.4 is 5.32 Å². The summed E-state index contributed by atoms with van der Waals surface area (Å²) in [6, 6.07) is 3.88. The van der Waals surface area contributed by atoms with Crippen LogP contribution in [0.25, 0.3) is 0 Å². The molecule has 1 rings (SSSR count). The van der Waals surface area contributed by atoms with E-state index < -0.39 is 0 Å². The number of rotatable bonds is 10. The van der Waals surface area contributed by atoms with Crippen molar-refractivity contribution in [2.45, 2.75) is 58.3 Å². The van der Waals surface area contributed by atoms with Crippen LogP contribution in [0.3, 0.4) is 0 Å². The minimum Gasteiger partial charge on any atom is -0.384 e. The van der Waals surface area contributed by atoms with Gasteiger partial charge in [0.1, 0.15) is 0 Å². The number of hydrogen-bond acceptors (Lipinski definition) is 1. The largest absolute Gasteiger partial charge is 0.384 e. The van der Waals surface area contributed by atoms with Crippen molar-refractivity contribution in [2.24, 2.45) is 0 Å². The Hall–Kier alpha value is 0.0800. The Balaban J connectivity index is 2.11. The van der Waals surface area contributed by atoms with Crippen molar-refractivity contribution in [3.05, 3.63) is 26.7 Å². The van der Waals surface area contributed by atoms with E-state index in [4.69, 9.17) is 23.2 Å². The van der Waals surface area contributed by atoms with Crippen molar-refractivity contribution in [1.82, 2.24) is 0 Å². The molecular weight excluding hydrogens is 357 g/mol. The molecule has 4 heteroatoms. The molecule has 1 aromatic rings. The minimum atomic E-state index is 0.576. The molecule has 0 atom stereocenters. The maximum absolute atomic E-state index is 6.19. The Kier molecular flexibility index (Phi) is 9.75. The van der Waals surface area contributed by atoms with E-state index in [1.165, 1.54) is 51.4 Å². The lowest BCUT2D eigenvalue weighted by molar-refractivity contribution is 0.581. The van der Waals surface area contributed by atoms with Crippen LogP contribution >= 0.6 is 39.1 Å². The Bertz CT molecular complexity index is 396. The van der Waals surface area contributed by atoms with Crippen molar-refractivity contribution in [3.8, 4) is 0 Å². The molecule has 1 N–H and O–H groups in total. The standard InChI is InChI=1S/C16H24BrCl2N/c1-2-3-4-5-6-7-8-9-12-20-14-11-10-13(17)15(18)16(14)19/h10-11,20H,2-9,12H2,1H3. The molecule has 0 radical (unpaired) electrons. The molecule has 0 heterocycles. The number of hydrogen-bond donors (Lipinski definition) is 1. The first-order chi connectivity index (χ1) is 9.66. The summed E-state index contributed by atoms with van der Waals surface area (Å²) in [4.78, 5) is 0. The van der Waals surface area contributed by atoms with Gasteiger partial charge in [-0.25, -0.2) is 0 Å². The lowest BCUT2D eigenvalue weighted by Gasteiger charge is -2.10. The zero-order valence-electron chi connectivity index (χ0n) is 12.2. The van der Waals surface area contributed by atoms with E-state index in [-0.39, 0.29) is 0 Å². The number of halogens is 3. The minimum absolute atomic E-state index is 0.576. The smallest absolute Gasteiger partial charge is 0.0835 e. The van der Waals surface area contributed by atoms with Gasteiger partial charge in [0, 0.05) is 11.0 Å². The molecule has 0 amide bonds. The second kappa shape index (κ2) is 10.8. The Morgan fingerprint density at radius 2 is 1.50 bits per heavy atom. The van der Waals surface area contributed by atoms with Crippen LogP contribution in [0, 0.1) is 0 Å². The van der Waals surface area contributed by atoms with Crippen LogP contribution in [0.15, 0.2) is 16.6 Å². The Morgan fingerprint density at radius 3 is 2.15 bits per heavy atom. The van der Waals surface area contributed by atoms with Gasteiger partial charge >= 0.3 is 0 Å². The summed E-state index contributed by atoms with van der Waals surface area (Å²) < 4.78 is 0.835. The third-order valence-corrected chi connectivity index (χ3v) is 5.15. The van der Waals surface area contributed by atoms with Gasteiger partial charge in [-0.3, -0.25) is 0 Å². The fourth-order valence-corrected chi connectivity index (χ4v) is 2.99. The molecular formula is C16H24BrCl2N. The highest BCUT2D eigenvalue weighted by molar-refractivity contribution is 9.10. The zero-order valence-corrected chi connectivity index (χ0v) is 15.3. The van der Waals surface area contributed by atoms with Crippen molar-refractivity contribution in [1.29, 1.82) is 0 Å². The van der Waals surface area contributed by atoms with E-state index in [0.717, 1.165) is 16.7 Å². The highest BCUT2D eigenvalue weighted by Gasteiger charge is 2.07. The van der Waals surface area contributed by atoms with Gasteiger partial charge in [0.15, 0.2) is 0 Å². The first-order valence-corrected chi connectivity index (χ1v) is 9.09. The second-order valence-electron chi connectivity index (χ2n) is 5.12. The quantitative estimate of drug-likeness (QED) is 0.331. The van der Waals surface area contributed by atoms with Crippen molar-refractivity contribution >= 4 is 44.8 Å². The van der Waals surface area contributed by atoms with Gasteiger partial charge < -0.3 is 5.32 Å². The molecule has 0 fully saturated rings. The predicted molar refractivity (Wildman–Crippen MR) is 95.3 cm³/mol. The van der Waals surface area contributed by atoms with Gasteiger partial charge in [-0.05, 0) is 34.5 Å². The molecule has 0 aliphatic heterocycles. The molecule has 0 bridgehead atoms. The van der Waals surface area contributed by atoms with Gasteiger partial charge in [0.2, 0.25) is 0 Å². The van der Waals surface area contributed by atoms with Crippen LogP contribution in [0.1, 0.15) is 58.3 Å². The summed E-state index contributed by atoms with van der Waals surface area (Å²) in [5, 5.41) is 4.53. The number of nitrogens with one attached hydrogen (secondary N) is 1. The van der Waals surface area contributed by atoms with E-state index in [0.29, 0.717) is 10.0 Å². The average molecular weight is 381 g/mol. The highest BCUT2D eigenvalue weighted by Crippen LogP contribution is 2.35. The fourth-order valence-electron chi connectivity index (χ4n) is 2.14. The summed E-state index contributed by atoms with van der Waals surface area (Å²) in [6.07, 6.45) is 10.6. The fraction of sp³-hybridized carbons (Fsp3) is 0.625. The van der Waals surface area contributed by atoms with Crippen molar-refractivity contribution < 1.29 is 0 Å². The molecule has 1 nitrogen and oxygen atoms in total. The predicted octanol–water partition coefficient (Wildman–Crippen LogP) is 7.31. The molecule has 0 saturated heterocycles. The molecule has 114 valence electrons. The topological polar surface area (TPSA) is 12.0 Å². The maximum atomic E-state index is 6.19. The number of unbranched alkanes of at least 4 members (excludes halogenated alkanes) is 7. The van der Waals surface area contributed by atoms with Gasteiger partial charge in [0.05, 0.1) is 15.7 Å². The molecule has 0 aromatic heterocycles. The van der Waals surface area contributed by atoms with E-state index in [1.807, 2.05) is 12.1 Å². The van der Waals surface area contributed by atoms with Crippen molar-refractivity contribution in [2.75, 3.05) is 11.9 Å². The summed E-state index contributed by atoms with van der Waals surface area (Å²) in [5.74, 6) is 0. The second-order valence-corrected chi connectivity index (χ2v) is 6.73. The van der Waals surface area contributed by atoms with Crippen molar-refractivity contribution in [3.63, 3.8) is 0 Å². The van der Waals surface area contributed by atoms with Gasteiger partial charge in [0.25, 0.3) is 0 Å². The summed E-state index contributed by atoms with van der Waals surface area (Å²) >= 11 is 15.6. The molecule has 1 aromatic carbocycles. The summed E-state index contributed by atoms with van der Waals surface area (Å²) in [7, 11) is 0. The van der Waals surface area contributed by atoms with Crippen LogP contribution in [0.2, 0.25) is 10.0 Å². The molecule has 0 unspecified atom stereocenters. The first kappa shape index (κ1) is 18.1. The maximum Gasteiger partial charge on any atom is 0.0835 e. The summed E-state index contributed by atoms with van der Waals surface area (Å²) in [5.41, 5.74) is 0.919. The van der Waals surface area contributed by atoms with Gasteiger partial charge in [-0.1, -0.05) is 75.1 Å². The SMILES string of the molecule is CCCCCCCCCCNc1ccc(Br)c(Cl)c1Cl. The average Bonchev–Trinajstić information content (AvgIpc) is 2.45. The zero-order chi connectivity index (χ0) is 14.8. The van der Waals surface area contributed by atoms with Gasteiger partial charge in [-0.15, -0.1) is 0 Å². The molecule has 0 spiro atoms. The molecule has 0 saturated carbocycles. The van der Waals surface area contributed by atoms with Gasteiger partial charge in [-0.2, -0.15) is 0 Å². The van der Waals surface area contributed by atoms with Crippen LogP contribution in [-0.2, 0) is 0 Å². The first-order valence-electron chi connectivity index (χ1n) is 7.54. The van der Waals surface area contributed by atoms with Crippen LogP contribution in [0.5, 0.6) is 0 Å². The van der Waals surface area contributed by atoms with E-state index in [2.05, 4.69) is 28.2 Å². The van der Waals surface area contributed by atoms with Crippen LogP contribution in [0.4, 0.5) is 5.69 Å². The highest BCUT2D eigenvalue weighted by atomic mass is 79.9. The van der Waals surface area contributed by atoms with E-state index in [9.17, 15) is 0 Å². The number of anilines is 1. The third kappa shape index (κ3) is 6.69. The van der Waals surface area contributed by atoms with Crippen LogP contribution in [-0.4, -0.2) is 6.54 Å². The third-order valence-electron chi connectivity index (χ3n) is 3.38. The van der Waals surface area contributed by atoms with E-state index in [1.54, 1.807) is 0 Å². The molecule has 0 aliphatic carbocycles. The normalized spacial score (nSPS) is 10.8. The molecule has 20 heavy (non-hydrogen) atoms. The number of benzene rings is 1. The monoisotopic (exact) mass is 379 g/mol.